The van der Waals surface area contributed by atoms with Gasteiger partial charge in [-0.05, 0) is 55.3 Å². The maximum Gasteiger partial charge on any atom is 0.291 e. The number of imidazole rings is 1. The monoisotopic (exact) mass is 825 g/mol. The number of nitrogens with zero attached hydrogens (tertiary/aromatic N) is 6. The number of fused-ring (bicyclic) bond motifs is 3. The third-order valence-electron chi connectivity index (χ3n) is 10.4. The quantitative estimate of drug-likeness (QED) is 0.0726. The summed E-state index contributed by atoms with van der Waals surface area (Å²) in [5.41, 5.74) is 4.81. The van der Waals surface area contributed by atoms with Crippen LogP contribution in [0.15, 0.2) is 90.5 Å². The van der Waals surface area contributed by atoms with Gasteiger partial charge >= 0.3 is 0 Å². The maximum atomic E-state index is 13.3. The molecule has 8 rings (SSSR count). The van der Waals surface area contributed by atoms with E-state index in [2.05, 4.69) is 42.8 Å². The fourth-order valence-corrected chi connectivity index (χ4v) is 7.39. The average molecular weight is 826 g/mol. The number of hydrogen-bond acceptors (Lipinski definition) is 9. The van der Waals surface area contributed by atoms with Crippen molar-refractivity contribution in [2.75, 3.05) is 41.5 Å². The summed E-state index contributed by atoms with van der Waals surface area (Å²) >= 11 is 0. The van der Waals surface area contributed by atoms with Crippen molar-refractivity contribution in [3.05, 3.63) is 108 Å². The summed E-state index contributed by atoms with van der Waals surface area (Å²) in [6.45, 7) is 4.68. The van der Waals surface area contributed by atoms with E-state index in [-0.39, 0.29) is 54.1 Å². The minimum Gasteiger partial charge on any atom is -0.493 e. The Hall–Kier alpha value is -7.89. The smallest absolute Gasteiger partial charge is 0.291 e. The minimum absolute atomic E-state index is 0.0263. The van der Waals surface area contributed by atoms with E-state index in [1.165, 1.54) is 23.9 Å². The molecule has 1 unspecified atom stereocenters. The molecule has 1 atom stereocenters. The number of aliphatic imine (C=N–C) groups is 1. The van der Waals surface area contributed by atoms with Gasteiger partial charge in [0.25, 0.3) is 23.6 Å². The standard InChI is InChI=1S/C43H43N11O7/c1-24-13-29-19-45-32-18-36(35(60-5)17-30(32)43(59)54(29)20-24)61-12-6-7-38(55)49-37-23-53(4)39(50-37)42(58)48-28-16-34(52(3)22-28)41(57)47-27-15-33(51(2)21-27)40(56)46-26-8-9-31-25(14-26)10-11-44-31/h8-11,14-19,21-23,29,44H,1,6-7,12-13,20H2,2-5H3,(H,46,56)(H,47,57)(H,48,58)(H,49,55). The van der Waals surface area contributed by atoms with Crippen LogP contribution in [0.25, 0.3) is 10.9 Å². The van der Waals surface area contributed by atoms with Gasteiger partial charge in [0.2, 0.25) is 11.7 Å². The van der Waals surface area contributed by atoms with Crippen molar-refractivity contribution in [3.63, 3.8) is 0 Å². The highest BCUT2D eigenvalue weighted by Crippen LogP contribution is 2.38. The third kappa shape index (κ3) is 8.36. The molecule has 2 aromatic carbocycles. The van der Waals surface area contributed by atoms with Gasteiger partial charge in [0.05, 0.1) is 42.4 Å². The number of methoxy groups -OCH3 is 1. The molecule has 0 spiro atoms. The van der Waals surface area contributed by atoms with E-state index in [1.807, 2.05) is 24.4 Å². The van der Waals surface area contributed by atoms with Gasteiger partial charge in [0.1, 0.15) is 11.4 Å². The van der Waals surface area contributed by atoms with Gasteiger partial charge in [-0.25, -0.2) is 4.98 Å². The van der Waals surface area contributed by atoms with E-state index in [0.29, 0.717) is 64.9 Å². The second-order valence-corrected chi connectivity index (χ2v) is 14.9. The molecule has 312 valence electrons. The number of amides is 5. The van der Waals surface area contributed by atoms with Crippen LogP contribution in [0.4, 0.5) is 28.6 Å². The van der Waals surface area contributed by atoms with Crippen LogP contribution >= 0.6 is 0 Å². The Morgan fingerprint density at radius 1 is 0.836 bits per heavy atom. The fourth-order valence-electron chi connectivity index (χ4n) is 7.39. The number of anilines is 4. The summed E-state index contributed by atoms with van der Waals surface area (Å²) in [4.78, 5) is 79.5. The first-order chi connectivity index (χ1) is 29.3. The van der Waals surface area contributed by atoms with Crippen molar-refractivity contribution in [3.8, 4) is 11.5 Å². The molecule has 18 heteroatoms. The summed E-state index contributed by atoms with van der Waals surface area (Å²) in [5.74, 6) is -0.847. The van der Waals surface area contributed by atoms with Gasteiger partial charge in [-0.3, -0.25) is 29.0 Å². The van der Waals surface area contributed by atoms with Crippen LogP contribution in [-0.2, 0) is 25.9 Å². The molecule has 5 N–H and O–H groups in total. The molecule has 4 aromatic heterocycles. The highest BCUT2D eigenvalue weighted by atomic mass is 16.5. The molecule has 2 aliphatic rings. The Labute approximate surface area is 349 Å². The van der Waals surface area contributed by atoms with Crippen molar-refractivity contribution in [2.24, 2.45) is 26.1 Å². The zero-order valence-electron chi connectivity index (χ0n) is 33.9. The van der Waals surface area contributed by atoms with E-state index >= 15 is 0 Å². The van der Waals surface area contributed by atoms with Gasteiger partial charge in [-0.15, -0.1) is 0 Å². The summed E-state index contributed by atoms with van der Waals surface area (Å²) in [7, 11) is 6.48. The number of rotatable bonds is 13. The summed E-state index contributed by atoms with van der Waals surface area (Å²) < 4.78 is 16.1. The molecule has 5 amide bonds. The van der Waals surface area contributed by atoms with Crippen molar-refractivity contribution >= 4 is 75.2 Å². The molecule has 1 fully saturated rings. The number of carbonyl (C=O) groups is 5. The number of benzene rings is 2. The van der Waals surface area contributed by atoms with Gasteiger partial charge in [-0.2, -0.15) is 0 Å². The Morgan fingerprint density at radius 3 is 2.26 bits per heavy atom. The topological polar surface area (TPSA) is 211 Å². The van der Waals surface area contributed by atoms with Crippen LogP contribution in [-0.4, -0.2) is 90.6 Å². The molecule has 0 aliphatic carbocycles. The van der Waals surface area contributed by atoms with Crippen molar-refractivity contribution in [1.82, 2.24) is 28.6 Å². The van der Waals surface area contributed by atoms with Gasteiger partial charge in [0.15, 0.2) is 17.3 Å². The Balaban J connectivity index is 0.822. The summed E-state index contributed by atoms with van der Waals surface area (Å²) in [5, 5.41) is 12.1. The lowest BCUT2D eigenvalue weighted by Gasteiger charge is -2.20. The van der Waals surface area contributed by atoms with Gasteiger partial charge in [0, 0.05) is 87.8 Å². The molecular formula is C43H43N11O7. The maximum absolute atomic E-state index is 13.3. The van der Waals surface area contributed by atoms with Crippen molar-refractivity contribution < 1.29 is 33.4 Å². The van der Waals surface area contributed by atoms with E-state index in [1.54, 1.807) is 78.1 Å². The van der Waals surface area contributed by atoms with Gasteiger partial charge < -0.3 is 54.3 Å². The summed E-state index contributed by atoms with van der Waals surface area (Å²) in [6, 6.07) is 13.7. The number of aromatic nitrogens is 5. The molecule has 0 radical (unpaired) electrons. The second-order valence-electron chi connectivity index (χ2n) is 14.9. The normalized spacial score (nSPS) is 14.4. The molecule has 0 saturated carbocycles. The zero-order chi connectivity index (χ0) is 42.9. The van der Waals surface area contributed by atoms with Crippen molar-refractivity contribution in [2.45, 2.75) is 25.3 Å². The predicted octanol–water partition coefficient (Wildman–Crippen LogP) is 5.63. The number of aryl methyl sites for hydroxylation is 3. The van der Waals surface area contributed by atoms with E-state index in [9.17, 15) is 24.0 Å². The van der Waals surface area contributed by atoms with Gasteiger partial charge in [-0.1, -0.05) is 12.2 Å². The van der Waals surface area contributed by atoms with E-state index < -0.39 is 11.8 Å². The second kappa shape index (κ2) is 16.4. The Kier molecular flexibility index (Phi) is 10.7. The highest BCUT2D eigenvalue weighted by molar-refractivity contribution is 6.09. The molecule has 6 aromatic rings. The number of nitrogens with one attached hydrogen (secondary N) is 5. The highest BCUT2D eigenvalue weighted by Gasteiger charge is 2.34. The number of ether oxygens (including phenoxy) is 2. The summed E-state index contributed by atoms with van der Waals surface area (Å²) in [6.07, 6.45) is 9.44. The zero-order valence-corrected chi connectivity index (χ0v) is 33.9. The molecule has 61 heavy (non-hydrogen) atoms. The third-order valence-corrected chi connectivity index (χ3v) is 10.4. The molecule has 0 bridgehead atoms. The number of carbonyl (C=O) groups excluding carboxylic acids is 5. The van der Waals surface area contributed by atoms with Crippen molar-refractivity contribution in [1.29, 1.82) is 0 Å². The average Bonchev–Trinajstić information content (AvgIpc) is 4.06. The largest absolute Gasteiger partial charge is 0.493 e. The van der Waals surface area contributed by atoms with Crippen LogP contribution in [0, 0.1) is 0 Å². The lowest BCUT2D eigenvalue weighted by atomic mass is 10.1. The Morgan fingerprint density at radius 2 is 1.54 bits per heavy atom. The minimum atomic E-state index is -0.560. The number of hydrogen-bond donors (Lipinski definition) is 5. The SMILES string of the molecule is C=C1CC2C=Nc3cc(OCCCC(=O)Nc4cn(C)c(C(=O)Nc5cc(C(=O)Nc6cc(C(=O)Nc7ccc8[nH]ccc8c7)n(C)c6)n(C)c5)n4)c(OC)cc3C(=O)N2C1. The van der Waals surface area contributed by atoms with Crippen LogP contribution < -0.4 is 30.7 Å². The fraction of sp³-hybridized carbons (Fsp3) is 0.233. The van der Waals surface area contributed by atoms with E-state index in [0.717, 1.165) is 16.5 Å². The first-order valence-electron chi connectivity index (χ1n) is 19.4. The van der Waals surface area contributed by atoms with E-state index in [4.69, 9.17) is 9.47 Å². The lowest BCUT2D eigenvalue weighted by Crippen LogP contribution is -2.35. The number of H-pyrrole nitrogens is 1. The lowest BCUT2D eigenvalue weighted by molar-refractivity contribution is -0.116. The Bertz CT molecular complexity index is 2790. The van der Waals surface area contributed by atoms with Crippen LogP contribution in [0.5, 0.6) is 11.5 Å². The predicted molar refractivity (Wildman–Crippen MR) is 229 cm³/mol. The number of aromatic amines is 1. The molecule has 18 nitrogen and oxygen atoms in total. The molecular weight excluding hydrogens is 783 g/mol. The molecule has 1 saturated heterocycles. The van der Waals surface area contributed by atoms with Crippen LogP contribution in [0.2, 0.25) is 0 Å². The first-order valence-corrected chi connectivity index (χ1v) is 19.4. The van der Waals surface area contributed by atoms with Crippen LogP contribution in [0.1, 0.15) is 61.2 Å². The van der Waals surface area contributed by atoms with Crippen LogP contribution in [0.3, 0.4) is 0 Å². The molecule has 2 aliphatic heterocycles. The first kappa shape index (κ1) is 39.9. The molecule has 6 heterocycles.